The molecule has 1 aromatic rings. The maximum atomic E-state index is 12.7. The van der Waals surface area contributed by atoms with Crippen LogP contribution in [0.3, 0.4) is 0 Å². The first-order chi connectivity index (χ1) is 10.1. The number of aromatic carboxylic acids is 1. The first kappa shape index (κ1) is 13.9. The van der Waals surface area contributed by atoms with Crippen LogP contribution < -0.4 is 4.90 Å². The summed E-state index contributed by atoms with van der Waals surface area (Å²) in [6.45, 7) is 0.659. The fourth-order valence-electron chi connectivity index (χ4n) is 3.14. The zero-order chi connectivity index (χ0) is 15.0. The van der Waals surface area contributed by atoms with Crippen LogP contribution in [-0.4, -0.2) is 41.6 Å². The van der Waals surface area contributed by atoms with E-state index in [1.54, 1.807) is 17.0 Å². The van der Waals surface area contributed by atoms with E-state index in [4.69, 9.17) is 0 Å². The van der Waals surface area contributed by atoms with E-state index in [-0.39, 0.29) is 6.03 Å². The van der Waals surface area contributed by atoms with E-state index >= 15 is 0 Å². The molecule has 1 aliphatic carbocycles. The molecule has 0 atom stereocenters. The Morgan fingerprint density at radius 3 is 2.67 bits per heavy atom. The number of amides is 2. The molecule has 0 bridgehead atoms. The quantitative estimate of drug-likeness (QED) is 0.910. The molecule has 1 heterocycles. The Bertz CT molecular complexity index is 581. The van der Waals surface area contributed by atoms with Crippen LogP contribution in [0.15, 0.2) is 18.2 Å². The summed E-state index contributed by atoms with van der Waals surface area (Å²) in [7, 11) is 1.85. The number of carboxylic acids is 1. The highest BCUT2D eigenvalue weighted by Gasteiger charge is 2.32. The van der Waals surface area contributed by atoms with E-state index in [1.165, 1.54) is 6.42 Å². The normalized spacial score (nSPS) is 17.9. The van der Waals surface area contributed by atoms with Gasteiger partial charge in [0.2, 0.25) is 0 Å². The number of urea groups is 1. The lowest BCUT2D eigenvalue weighted by Crippen LogP contribution is -2.50. The summed E-state index contributed by atoms with van der Waals surface area (Å²) in [5, 5.41) is 9.30. The molecule has 0 aromatic heterocycles. The molecule has 2 aliphatic rings. The first-order valence-corrected chi connectivity index (χ1v) is 7.49. The Balaban J connectivity index is 1.91. The molecule has 1 aliphatic heterocycles. The van der Waals surface area contributed by atoms with Gasteiger partial charge in [0.15, 0.2) is 0 Å². The summed E-state index contributed by atoms with van der Waals surface area (Å²) in [5.74, 6) is -0.923. The third-order valence-corrected chi connectivity index (χ3v) is 4.64. The van der Waals surface area contributed by atoms with Crippen molar-refractivity contribution in [2.75, 3.05) is 18.5 Å². The fraction of sp³-hybridized carbons (Fsp3) is 0.500. The highest BCUT2D eigenvalue weighted by atomic mass is 16.4. The molecule has 21 heavy (non-hydrogen) atoms. The van der Waals surface area contributed by atoms with E-state index < -0.39 is 5.97 Å². The van der Waals surface area contributed by atoms with Gasteiger partial charge >= 0.3 is 12.0 Å². The van der Waals surface area contributed by atoms with Gasteiger partial charge in [0.05, 0.1) is 5.56 Å². The second-order valence-electron chi connectivity index (χ2n) is 5.84. The van der Waals surface area contributed by atoms with E-state index in [0.717, 1.165) is 30.5 Å². The molecule has 112 valence electrons. The molecule has 0 spiro atoms. The molecular formula is C16H20N2O3. The number of carbonyl (C=O) groups is 2. The van der Waals surface area contributed by atoms with Gasteiger partial charge < -0.3 is 10.0 Å². The molecule has 0 unspecified atom stereocenters. The molecular weight excluding hydrogens is 268 g/mol. The van der Waals surface area contributed by atoms with Gasteiger partial charge in [-0.15, -0.1) is 0 Å². The molecule has 5 nitrogen and oxygen atoms in total. The number of nitrogens with zero attached hydrogens (tertiary/aromatic N) is 2. The molecule has 3 rings (SSSR count). The van der Waals surface area contributed by atoms with Crippen molar-refractivity contribution in [2.45, 2.75) is 38.1 Å². The van der Waals surface area contributed by atoms with Crippen molar-refractivity contribution >= 4 is 17.7 Å². The van der Waals surface area contributed by atoms with Crippen molar-refractivity contribution in [3.8, 4) is 0 Å². The Hall–Kier alpha value is -2.04. The SMILES string of the molecule is CN(C(=O)N1CCCc2c(C(=O)O)cccc21)C1CCC1. The van der Waals surface area contributed by atoms with Crippen LogP contribution in [-0.2, 0) is 6.42 Å². The number of rotatable bonds is 2. The lowest BCUT2D eigenvalue weighted by Gasteiger charge is -2.39. The maximum Gasteiger partial charge on any atom is 0.336 e. The molecule has 0 radical (unpaired) electrons. The number of carbonyl (C=O) groups excluding carboxylic acids is 1. The predicted molar refractivity (Wildman–Crippen MR) is 79.9 cm³/mol. The van der Waals surface area contributed by atoms with Crippen LogP contribution in [0.25, 0.3) is 0 Å². The van der Waals surface area contributed by atoms with Gasteiger partial charge in [-0.3, -0.25) is 4.90 Å². The minimum absolute atomic E-state index is 0.0109. The Morgan fingerprint density at radius 2 is 2.05 bits per heavy atom. The average Bonchev–Trinajstić information content (AvgIpc) is 2.43. The fourth-order valence-corrected chi connectivity index (χ4v) is 3.14. The summed E-state index contributed by atoms with van der Waals surface area (Å²) in [6.07, 6.45) is 4.84. The summed E-state index contributed by atoms with van der Waals surface area (Å²) >= 11 is 0. The van der Waals surface area contributed by atoms with Gasteiger partial charge in [-0.1, -0.05) is 6.07 Å². The third kappa shape index (κ3) is 2.37. The third-order valence-electron chi connectivity index (χ3n) is 4.64. The number of hydrogen-bond acceptors (Lipinski definition) is 2. The summed E-state index contributed by atoms with van der Waals surface area (Å²) in [6, 6.07) is 5.52. The van der Waals surface area contributed by atoms with Crippen LogP contribution in [0, 0.1) is 0 Å². The monoisotopic (exact) mass is 288 g/mol. The Kier molecular flexibility index (Phi) is 3.57. The topological polar surface area (TPSA) is 60.9 Å². The number of carboxylic acid groups (broad SMARTS) is 1. The number of benzene rings is 1. The van der Waals surface area contributed by atoms with Gasteiger partial charge in [0, 0.05) is 25.3 Å². The first-order valence-electron chi connectivity index (χ1n) is 7.49. The van der Waals surface area contributed by atoms with E-state index in [2.05, 4.69) is 0 Å². The summed E-state index contributed by atoms with van der Waals surface area (Å²) in [5.41, 5.74) is 1.86. The number of hydrogen-bond donors (Lipinski definition) is 1. The van der Waals surface area contributed by atoms with Crippen molar-refractivity contribution in [1.82, 2.24) is 4.90 Å². The van der Waals surface area contributed by atoms with Gasteiger partial charge in [0.25, 0.3) is 0 Å². The predicted octanol–water partition coefficient (Wildman–Crippen LogP) is 2.74. The van der Waals surface area contributed by atoms with Gasteiger partial charge in [-0.25, -0.2) is 9.59 Å². The van der Waals surface area contributed by atoms with E-state index in [9.17, 15) is 14.7 Å². The van der Waals surface area contributed by atoms with Crippen molar-refractivity contribution < 1.29 is 14.7 Å². The van der Waals surface area contributed by atoms with Gasteiger partial charge in [-0.05, 0) is 49.8 Å². The average molecular weight is 288 g/mol. The highest BCUT2D eigenvalue weighted by molar-refractivity contribution is 5.97. The van der Waals surface area contributed by atoms with E-state index in [0.29, 0.717) is 24.6 Å². The van der Waals surface area contributed by atoms with Crippen molar-refractivity contribution in [2.24, 2.45) is 0 Å². The molecule has 2 amide bonds. The van der Waals surface area contributed by atoms with Crippen LogP contribution in [0.1, 0.15) is 41.6 Å². The second-order valence-corrected chi connectivity index (χ2v) is 5.84. The van der Waals surface area contributed by atoms with Crippen LogP contribution >= 0.6 is 0 Å². The zero-order valence-electron chi connectivity index (χ0n) is 12.2. The van der Waals surface area contributed by atoms with Crippen molar-refractivity contribution in [3.05, 3.63) is 29.3 Å². The molecule has 5 heteroatoms. The second kappa shape index (κ2) is 5.39. The standard InChI is InChI=1S/C16H20N2O3/c1-17(11-5-2-6-11)16(21)18-10-4-8-12-13(15(19)20)7-3-9-14(12)18/h3,7,9,11H,2,4-6,8,10H2,1H3,(H,19,20). The Labute approximate surface area is 124 Å². The lowest BCUT2D eigenvalue weighted by molar-refractivity contribution is 0.0695. The summed E-state index contributed by atoms with van der Waals surface area (Å²) < 4.78 is 0. The molecule has 0 saturated heterocycles. The van der Waals surface area contributed by atoms with Crippen molar-refractivity contribution in [3.63, 3.8) is 0 Å². The van der Waals surface area contributed by atoms with Crippen LogP contribution in [0.2, 0.25) is 0 Å². The largest absolute Gasteiger partial charge is 0.478 e. The maximum absolute atomic E-state index is 12.7. The molecule has 1 saturated carbocycles. The molecule has 1 aromatic carbocycles. The minimum atomic E-state index is -0.923. The van der Waals surface area contributed by atoms with Gasteiger partial charge in [0.1, 0.15) is 0 Å². The van der Waals surface area contributed by atoms with Crippen LogP contribution in [0.5, 0.6) is 0 Å². The minimum Gasteiger partial charge on any atom is -0.478 e. The van der Waals surface area contributed by atoms with E-state index in [1.807, 2.05) is 18.0 Å². The van der Waals surface area contributed by atoms with Gasteiger partial charge in [-0.2, -0.15) is 0 Å². The molecule has 1 N–H and O–H groups in total. The highest BCUT2D eigenvalue weighted by Crippen LogP contribution is 2.32. The zero-order valence-corrected chi connectivity index (χ0v) is 12.2. The number of anilines is 1. The lowest BCUT2D eigenvalue weighted by atomic mass is 9.92. The van der Waals surface area contributed by atoms with Crippen molar-refractivity contribution in [1.29, 1.82) is 0 Å². The smallest absolute Gasteiger partial charge is 0.336 e. The van der Waals surface area contributed by atoms with Crippen LogP contribution in [0.4, 0.5) is 10.5 Å². The number of fused-ring (bicyclic) bond motifs is 1. The summed E-state index contributed by atoms with van der Waals surface area (Å²) in [4.78, 5) is 27.6. The molecule has 1 fully saturated rings. The Morgan fingerprint density at radius 1 is 1.29 bits per heavy atom.